The van der Waals surface area contributed by atoms with Crippen molar-refractivity contribution in [1.82, 2.24) is 9.97 Å². The molecule has 0 amide bonds. The number of nitrogens with zero attached hydrogens (tertiary/aromatic N) is 2. The van der Waals surface area contributed by atoms with Crippen molar-refractivity contribution >= 4 is 66.8 Å². The van der Waals surface area contributed by atoms with Crippen LogP contribution in [0.1, 0.15) is 0 Å². The summed E-state index contributed by atoms with van der Waals surface area (Å²) in [6, 6.07) is 43.9. The Morgan fingerprint density at radius 1 is 0.537 bits per heavy atom. The highest BCUT2D eigenvalue weighted by Crippen LogP contribution is 2.44. The molecule has 0 N–H and O–H groups in total. The van der Waals surface area contributed by atoms with Crippen LogP contribution in [0.4, 0.5) is 0 Å². The van der Waals surface area contributed by atoms with E-state index in [9.17, 15) is 4.57 Å². The van der Waals surface area contributed by atoms with Crippen LogP contribution in [0.3, 0.4) is 0 Å². The Kier molecular flexibility index (Phi) is 5.38. The first kappa shape index (κ1) is 23.8. The van der Waals surface area contributed by atoms with Gasteiger partial charge in [-0.05, 0) is 48.5 Å². The van der Waals surface area contributed by atoms with Gasteiger partial charge in [-0.15, -0.1) is 0 Å². The number of fused-ring (bicyclic) bond motifs is 6. The standard InChI is InChI=1S/C36H23N2O2P/c39-41(27-9-3-1-4-10-27,28-11-5-2-6-12-28)29-17-20-34-31(23-29)30-22-26(16-19-33(30)40-34)32-18-15-25-14-13-24-8-7-21-37-35(24)36(25)38-32/h1-23H. The highest BCUT2D eigenvalue weighted by molar-refractivity contribution is 7.85. The van der Waals surface area contributed by atoms with E-state index in [0.29, 0.717) is 0 Å². The second-order valence-electron chi connectivity index (χ2n) is 10.2. The van der Waals surface area contributed by atoms with Crippen molar-refractivity contribution in [3.8, 4) is 11.3 Å². The maximum atomic E-state index is 15.0. The maximum Gasteiger partial charge on any atom is 0.171 e. The van der Waals surface area contributed by atoms with Crippen LogP contribution in [0.15, 0.2) is 144 Å². The van der Waals surface area contributed by atoms with Gasteiger partial charge in [0, 0.05) is 49.2 Å². The Morgan fingerprint density at radius 3 is 1.90 bits per heavy atom. The van der Waals surface area contributed by atoms with E-state index in [2.05, 4.69) is 35.3 Å². The van der Waals surface area contributed by atoms with E-state index in [1.807, 2.05) is 103 Å². The number of hydrogen-bond donors (Lipinski definition) is 0. The minimum atomic E-state index is -3.12. The van der Waals surface area contributed by atoms with Gasteiger partial charge in [0.1, 0.15) is 11.2 Å². The molecule has 8 aromatic rings. The molecule has 194 valence electrons. The summed E-state index contributed by atoms with van der Waals surface area (Å²) in [5.41, 5.74) is 5.16. The molecule has 5 heteroatoms. The van der Waals surface area contributed by atoms with Crippen LogP contribution in [0.5, 0.6) is 0 Å². The molecule has 0 atom stereocenters. The van der Waals surface area contributed by atoms with Gasteiger partial charge in [0.05, 0.1) is 16.7 Å². The van der Waals surface area contributed by atoms with Crippen molar-refractivity contribution in [1.29, 1.82) is 0 Å². The monoisotopic (exact) mass is 546 g/mol. The van der Waals surface area contributed by atoms with Gasteiger partial charge >= 0.3 is 0 Å². The number of benzene rings is 5. The van der Waals surface area contributed by atoms with Gasteiger partial charge in [0.15, 0.2) is 7.14 Å². The first-order valence-electron chi connectivity index (χ1n) is 13.5. The summed E-state index contributed by atoms with van der Waals surface area (Å²) in [6.45, 7) is 0. The smallest absolute Gasteiger partial charge is 0.171 e. The third kappa shape index (κ3) is 3.80. The quantitative estimate of drug-likeness (QED) is 0.166. The molecule has 0 bridgehead atoms. The second-order valence-corrected chi connectivity index (χ2v) is 13.0. The van der Waals surface area contributed by atoms with Crippen LogP contribution in [-0.2, 0) is 4.57 Å². The maximum absolute atomic E-state index is 15.0. The number of pyridine rings is 2. The summed E-state index contributed by atoms with van der Waals surface area (Å²) < 4.78 is 21.2. The third-order valence-electron chi connectivity index (χ3n) is 7.78. The SMILES string of the molecule is O=P(c1ccccc1)(c1ccccc1)c1ccc2oc3ccc(-c4ccc5ccc6cccnc6c5n4)cc3c2c1. The predicted octanol–water partition coefficient (Wildman–Crippen LogP) is 7.99. The van der Waals surface area contributed by atoms with Crippen molar-refractivity contribution in [2.75, 3.05) is 0 Å². The van der Waals surface area contributed by atoms with Gasteiger partial charge in [-0.1, -0.05) is 84.9 Å². The average Bonchev–Trinajstić information content (AvgIpc) is 3.42. The lowest BCUT2D eigenvalue weighted by molar-refractivity contribution is 0.592. The van der Waals surface area contributed by atoms with Crippen LogP contribution < -0.4 is 15.9 Å². The molecule has 8 rings (SSSR count). The summed E-state index contributed by atoms with van der Waals surface area (Å²) in [5.74, 6) is 0. The molecule has 4 nitrogen and oxygen atoms in total. The molecule has 0 radical (unpaired) electrons. The van der Waals surface area contributed by atoms with Crippen LogP contribution in [0.2, 0.25) is 0 Å². The van der Waals surface area contributed by atoms with Crippen LogP contribution in [-0.4, -0.2) is 9.97 Å². The summed E-state index contributed by atoms with van der Waals surface area (Å²) in [5, 5.41) is 6.40. The zero-order valence-electron chi connectivity index (χ0n) is 21.9. The number of furan rings is 1. The van der Waals surface area contributed by atoms with Gasteiger partial charge in [-0.3, -0.25) is 4.98 Å². The molecule has 0 saturated heterocycles. The van der Waals surface area contributed by atoms with Crippen molar-refractivity contribution in [2.45, 2.75) is 0 Å². The molecule has 0 saturated carbocycles. The zero-order valence-corrected chi connectivity index (χ0v) is 22.8. The van der Waals surface area contributed by atoms with Crippen LogP contribution in [0.25, 0.3) is 55.0 Å². The largest absolute Gasteiger partial charge is 0.456 e. The zero-order chi connectivity index (χ0) is 27.4. The van der Waals surface area contributed by atoms with E-state index in [1.54, 1.807) is 6.20 Å². The highest BCUT2D eigenvalue weighted by Gasteiger charge is 2.30. The fraction of sp³-hybridized carbons (Fsp3) is 0. The minimum Gasteiger partial charge on any atom is -0.456 e. The first-order chi connectivity index (χ1) is 20.2. The minimum absolute atomic E-state index is 0.759. The Bertz CT molecular complexity index is 2250. The van der Waals surface area contributed by atoms with Gasteiger partial charge in [-0.25, -0.2) is 4.98 Å². The van der Waals surface area contributed by atoms with Gasteiger partial charge < -0.3 is 8.98 Å². The van der Waals surface area contributed by atoms with Crippen LogP contribution >= 0.6 is 7.14 Å². The lowest BCUT2D eigenvalue weighted by atomic mass is 10.0. The van der Waals surface area contributed by atoms with Crippen LogP contribution in [0, 0.1) is 0 Å². The Hall–Kier alpha value is -5.05. The normalized spacial score (nSPS) is 12.0. The Morgan fingerprint density at radius 2 is 1.17 bits per heavy atom. The molecule has 0 aliphatic carbocycles. The third-order valence-corrected chi connectivity index (χ3v) is 10.8. The molecule has 0 aliphatic rings. The van der Waals surface area contributed by atoms with Crippen molar-refractivity contribution in [3.63, 3.8) is 0 Å². The van der Waals surface area contributed by atoms with E-state index in [-0.39, 0.29) is 0 Å². The van der Waals surface area contributed by atoms with E-state index in [1.165, 1.54) is 0 Å². The molecule has 0 spiro atoms. The molecule has 3 aromatic heterocycles. The van der Waals surface area contributed by atoms with E-state index >= 15 is 0 Å². The summed E-state index contributed by atoms with van der Waals surface area (Å²) in [7, 11) is -3.12. The fourth-order valence-corrected chi connectivity index (χ4v) is 8.40. The predicted molar refractivity (Wildman–Crippen MR) is 169 cm³/mol. The summed E-state index contributed by atoms with van der Waals surface area (Å²) in [6.07, 6.45) is 1.81. The summed E-state index contributed by atoms with van der Waals surface area (Å²) in [4.78, 5) is 9.65. The molecule has 41 heavy (non-hydrogen) atoms. The van der Waals surface area contributed by atoms with E-state index in [0.717, 1.165) is 70.9 Å². The molecular formula is C36H23N2O2P. The van der Waals surface area contributed by atoms with Crippen molar-refractivity contribution < 1.29 is 8.98 Å². The van der Waals surface area contributed by atoms with E-state index in [4.69, 9.17) is 9.40 Å². The number of hydrogen-bond acceptors (Lipinski definition) is 4. The highest BCUT2D eigenvalue weighted by atomic mass is 31.2. The van der Waals surface area contributed by atoms with Crippen molar-refractivity contribution in [2.24, 2.45) is 0 Å². The average molecular weight is 547 g/mol. The molecular weight excluding hydrogens is 523 g/mol. The number of rotatable bonds is 4. The second kappa shape index (κ2) is 9.26. The lowest BCUT2D eigenvalue weighted by Gasteiger charge is -2.20. The Balaban J connectivity index is 1.32. The van der Waals surface area contributed by atoms with E-state index < -0.39 is 7.14 Å². The molecule has 0 fully saturated rings. The van der Waals surface area contributed by atoms with Gasteiger partial charge in [0.25, 0.3) is 0 Å². The van der Waals surface area contributed by atoms with Crippen molar-refractivity contribution in [3.05, 3.63) is 140 Å². The molecule has 5 aromatic carbocycles. The molecule has 3 heterocycles. The summed E-state index contributed by atoms with van der Waals surface area (Å²) >= 11 is 0. The van der Waals surface area contributed by atoms with Gasteiger partial charge in [0.2, 0.25) is 0 Å². The Labute approximate surface area is 236 Å². The molecule has 0 unspecified atom stereocenters. The lowest BCUT2D eigenvalue weighted by Crippen LogP contribution is -2.24. The van der Waals surface area contributed by atoms with Gasteiger partial charge in [-0.2, -0.15) is 0 Å². The first-order valence-corrected chi connectivity index (χ1v) is 15.2. The topological polar surface area (TPSA) is 56.0 Å². The molecule has 0 aliphatic heterocycles. The fourth-order valence-electron chi connectivity index (χ4n) is 5.73. The number of aromatic nitrogens is 2.